The summed E-state index contributed by atoms with van der Waals surface area (Å²) in [6, 6.07) is 10.9. The average Bonchev–Trinajstić information content (AvgIpc) is 3.26. The van der Waals surface area contributed by atoms with Crippen molar-refractivity contribution in [1.82, 2.24) is 14.8 Å². The highest BCUT2D eigenvalue weighted by Crippen LogP contribution is 2.31. The van der Waals surface area contributed by atoms with E-state index in [9.17, 15) is 0 Å². The van der Waals surface area contributed by atoms with Crippen LogP contribution in [0, 0.1) is 18.2 Å². The minimum atomic E-state index is -2.25. The molecule has 2 aromatic carbocycles. The van der Waals surface area contributed by atoms with Crippen LogP contribution in [0.5, 0.6) is 5.75 Å². The fourth-order valence-corrected chi connectivity index (χ4v) is 2.99. The fourth-order valence-electron chi connectivity index (χ4n) is 2.99. The van der Waals surface area contributed by atoms with Crippen molar-refractivity contribution in [2.45, 2.75) is 13.4 Å². The normalized spacial score (nSPS) is 13.4. The molecule has 0 aliphatic carbocycles. The molecule has 5 nitrogen and oxygen atoms in total. The van der Waals surface area contributed by atoms with Crippen LogP contribution in [-0.2, 0) is 6.54 Å². The van der Waals surface area contributed by atoms with E-state index in [1.807, 2.05) is 18.3 Å². The van der Waals surface area contributed by atoms with Crippen LogP contribution in [0.4, 0.5) is 0 Å². The van der Waals surface area contributed by atoms with Crippen LogP contribution < -0.4 is 4.74 Å². The molecule has 2 heterocycles. The first-order valence-corrected chi connectivity index (χ1v) is 7.45. The van der Waals surface area contributed by atoms with Gasteiger partial charge in [0.05, 0.1) is 30.8 Å². The number of hydrogen-bond acceptors (Lipinski definition) is 3. The predicted octanol–water partition coefficient (Wildman–Crippen LogP) is 3.75. The predicted molar refractivity (Wildman–Crippen MR) is 93.1 cm³/mol. The number of benzene rings is 2. The number of aryl methyl sites for hydroxylation is 1. The third-order valence-corrected chi connectivity index (χ3v) is 4.14. The molecule has 0 spiro atoms. The summed E-state index contributed by atoms with van der Waals surface area (Å²) in [6.45, 7) is -1.83. The first-order chi connectivity index (χ1) is 12.9. The van der Waals surface area contributed by atoms with E-state index in [2.05, 4.69) is 16.2 Å². The van der Waals surface area contributed by atoms with Gasteiger partial charge in [-0.25, -0.2) is 0 Å². The molecule has 0 aliphatic heterocycles. The van der Waals surface area contributed by atoms with E-state index in [0.717, 1.165) is 21.9 Å². The number of fused-ring (bicyclic) bond motifs is 2. The Labute approximate surface area is 143 Å². The van der Waals surface area contributed by atoms with Crippen LogP contribution in [0.3, 0.4) is 0 Å². The highest BCUT2D eigenvalue weighted by molar-refractivity contribution is 5.88. The molecule has 0 radical (unpaired) electrons. The van der Waals surface area contributed by atoms with Gasteiger partial charge in [-0.2, -0.15) is 10.4 Å². The fraction of sp³-hybridized carbons (Fsp3) is 0.158. The summed E-state index contributed by atoms with van der Waals surface area (Å²) in [6.07, 6.45) is 3.62. The van der Waals surface area contributed by atoms with E-state index in [1.165, 1.54) is 7.11 Å². The molecule has 4 rings (SSSR count). The molecule has 0 saturated carbocycles. The highest BCUT2D eigenvalue weighted by atomic mass is 16.5. The SMILES string of the molecule is [2H]C([2H])([2H])c1cc(OC)c(Cn2cc3ccc(C#N)cc3n2)c2cc[nH]c12. The lowest BCUT2D eigenvalue weighted by molar-refractivity contribution is 0.408. The Morgan fingerprint density at radius 3 is 3.08 bits per heavy atom. The van der Waals surface area contributed by atoms with Crippen molar-refractivity contribution in [1.29, 1.82) is 5.26 Å². The molecule has 0 bridgehead atoms. The highest BCUT2D eigenvalue weighted by Gasteiger charge is 2.13. The van der Waals surface area contributed by atoms with Crippen molar-refractivity contribution < 1.29 is 8.85 Å². The molecule has 0 atom stereocenters. The number of ether oxygens (including phenoxy) is 1. The number of nitrogens with one attached hydrogen (secondary N) is 1. The van der Waals surface area contributed by atoms with Crippen LogP contribution in [-0.4, -0.2) is 21.9 Å². The summed E-state index contributed by atoms with van der Waals surface area (Å²) in [5, 5.41) is 15.3. The average molecular weight is 319 g/mol. The largest absolute Gasteiger partial charge is 0.496 e. The van der Waals surface area contributed by atoms with Gasteiger partial charge in [0.1, 0.15) is 5.75 Å². The Bertz CT molecular complexity index is 1200. The molecular formula is C19H16N4O. The minimum Gasteiger partial charge on any atom is -0.496 e. The quantitative estimate of drug-likeness (QED) is 0.625. The minimum absolute atomic E-state index is 0.229. The lowest BCUT2D eigenvalue weighted by Gasteiger charge is -2.12. The molecule has 0 saturated heterocycles. The number of hydrogen-bond donors (Lipinski definition) is 1. The first kappa shape index (κ1) is 11.3. The zero-order chi connectivity index (χ0) is 19.2. The third kappa shape index (κ3) is 2.20. The maximum atomic E-state index is 9.04. The van der Waals surface area contributed by atoms with E-state index < -0.39 is 6.85 Å². The van der Waals surface area contributed by atoms with Gasteiger partial charge in [-0.15, -0.1) is 0 Å². The van der Waals surface area contributed by atoms with Crippen molar-refractivity contribution in [3.63, 3.8) is 0 Å². The molecule has 0 amide bonds. The van der Waals surface area contributed by atoms with E-state index in [4.69, 9.17) is 14.1 Å². The molecular weight excluding hydrogens is 300 g/mol. The van der Waals surface area contributed by atoms with Gasteiger partial charge in [-0.05, 0) is 42.7 Å². The van der Waals surface area contributed by atoms with Gasteiger partial charge in [0.25, 0.3) is 0 Å². The monoisotopic (exact) mass is 319 g/mol. The van der Waals surface area contributed by atoms with Crippen molar-refractivity contribution in [2.24, 2.45) is 0 Å². The van der Waals surface area contributed by atoms with Gasteiger partial charge in [0.2, 0.25) is 0 Å². The number of rotatable bonds is 3. The number of nitriles is 1. The van der Waals surface area contributed by atoms with Crippen molar-refractivity contribution in [3.8, 4) is 11.8 Å². The van der Waals surface area contributed by atoms with E-state index in [-0.39, 0.29) is 5.56 Å². The summed E-state index contributed by atoms with van der Waals surface area (Å²) >= 11 is 0. The third-order valence-electron chi connectivity index (χ3n) is 4.14. The number of aromatic nitrogens is 3. The molecule has 0 unspecified atom stereocenters. The summed E-state index contributed by atoms with van der Waals surface area (Å²) in [4.78, 5) is 3.03. The summed E-state index contributed by atoms with van der Waals surface area (Å²) in [5.74, 6) is 0.505. The second-order valence-corrected chi connectivity index (χ2v) is 5.58. The molecule has 24 heavy (non-hydrogen) atoms. The van der Waals surface area contributed by atoms with Crippen molar-refractivity contribution in [3.05, 3.63) is 59.4 Å². The Morgan fingerprint density at radius 2 is 2.29 bits per heavy atom. The summed E-state index contributed by atoms with van der Waals surface area (Å²) in [5.41, 5.74) is 2.94. The van der Waals surface area contributed by atoms with Gasteiger partial charge in [0, 0.05) is 38.4 Å². The smallest absolute Gasteiger partial charge is 0.124 e. The van der Waals surface area contributed by atoms with E-state index in [1.54, 1.807) is 29.1 Å². The zero-order valence-electron chi connectivity index (χ0n) is 16.0. The second kappa shape index (κ2) is 5.43. The Kier molecular flexibility index (Phi) is 2.56. The van der Waals surface area contributed by atoms with Gasteiger partial charge in [-0.3, -0.25) is 4.68 Å². The Balaban J connectivity index is 1.85. The van der Waals surface area contributed by atoms with Crippen molar-refractivity contribution >= 4 is 21.8 Å². The molecule has 2 aromatic heterocycles. The van der Waals surface area contributed by atoms with Crippen LogP contribution in [0.1, 0.15) is 20.8 Å². The maximum Gasteiger partial charge on any atom is 0.124 e. The standard InChI is InChI=1S/C19H16N4O/c1-12-7-18(24-2)16(15-5-6-21-19(12)15)11-23-10-14-4-3-13(9-20)8-17(14)22-23/h3-8,10,21H,11H2,1-2H3/i1D3. The number of methoxy groups -OCH3 is 1. The van der Waals surface area contributed by atoms with Gasteiger partial charge < -0.3 is 9.72 Å². The Morgan fingerprint density at radius 1 is 1.38 bits per heavy atom. The number of H-pyrrole nitrogens is 1. The second-order valence-electron chi connectivity index (χ2n) is 5.58. The lowest BCUT2D eigenvalue weighted by Crippen LogP contribution is -2.03. The molecule has 5 heteroatoms. The zero-order valence-corrected chi connectivity index (χ0v) is 13.0. The molecule has 1 N–H and O–H groups in total. The number of aromatic amines is 1. The lowest BCUT2D eigenvalue weighted by atomic mass is 10.0. The first-order valence-electron chi connectivity index (χ1n) is 8.95. The van der Waals surface area contributed by atoms with Crippen LogP contribution in [0.25, 0.3) is 21.8 Å². The Hall–Kier alpha value is -3.26. The summed E-state index contributed by atoms with van der Waals surface area (Å²) in [7, 11) is 1.53. The molecule has 0 aliphatic rings. The summed E-state index contributed by atoms with van der Waals surface area (Å²) < 4.78 is 30.6. The maximum absolute atomic E-state index is 9.04. The van der Waals surface area contributed by atoms with E-state index >= 15 is 0 Å². The topological polar surface area (TPSA) is 66.6 Å². The van der Waals surface area contributed by atoms with Crippen LogP contribution >= 0.6 is 0 Å². The molecule has 0 fully saturated rings. The van der Waals surface area contributed by atoms with Crippen LogP contribution in [0.15, 0.2) is 42.7 Å². The molecule has 4 aromatic rings. The molecule has 118 valence electrons. The van der Waals surface area contributed by atoms with Crippen LogP contribution in [0.2, 0.25) is 0 Å². The van der Waals surface area contributed by atoms with Crippen molar-refractivity contribution in [2.75, 3.05) is 7.11 Å². The number of nitrogens with zero attached hydrogens (tertiary/aromatic N) is 3. The van der Waals surface area contributed by atoms with E-state index in [0.29, 0.717) is 23.4 Å². The van der Waals surface area contributed by atoms with Gasteiger partial charge in [0.15, 0.2) is 0 Å². The van der Waals surface area contributed by atoms with Gasteiger partial charge in [-0.1, -0.05) is 0 Å². The van der Waals surface area contributed by atoms with Gasteiger partial charge >= 0.3 is 0 Å².